The third-order valence-electron chi connectivity index (χ3n) is 2.37. The third-order valence-corrected chi connectivity index (χ3v) is 4.51. The minimum Gasteiger partial charge on any atom is -0.477 e. The molecule has 0 fully saturated rings. The fraction of sp³-hybridized carbons (Fsp3) is 0.154. The molecular weight excluding hydrogens is 296 g/mol. The van der Waals surface area contributed by atoms with Crippen molar-refractivity contribution >= 4 is 35.0 Å². The molecule has 104 valence electrons. The summed E-state index contributed by atoms with van der Waals surface area (Å²) < 4.78 is 1.10. The largest absolute Gasteiger partial charge is 0.477 e. The molecule has 0 aliphatic rings. The van der Waals surface area contributed by atoms with E-state index in [1.807, 2.05) is 17.5 Å². The van der Waals surface area contributed by atoms with Gasteiger partial charge in [0.2, 0.25) is 5.91 Å². The fourth-order valence-corrected chi connectivity index (χ4v) is 3.00. The molecule has 0 saturated heterocycles. The van der Waals surface area contributed by atoms with Crippen LogP contribution in [-0.2, 0) is 11.3 Å². The van der Waals surface area contributed by atoms with Crippen LogP contribution in [0.4, 0.5) is 0 Å². The Morgan fingerprint density at radius 2 is 2.20 bits per heavy atom. The van der Waals surface area contributed by atoms with E-state index in [0.717, 1.165) is 9.77 Å². The Morgan fingerprint density at radius 1 is 1.35 bits per heavy atom. The molecule has 0 atom stereocenters. The van der Waals surface area contributed by atoms with E-state index in [-0.39, 0.29) is 11.6 Å². The van der Waals surface area contributed by atoms with Gasteiger partial charge in [0.15, 0.2) is 0 Å². The van der Waals surface area contributed by atoms with Crippen LogP contribution in [0, 0.1) is 0 Å². The minimum atomic E-state index is -1.06. The molecule has 2 rings (SSSR count). The molecule has 5 nitrogen and oxygen atoms in total. The maximum absolute atomic E-state index is 11.6. The van der Waals surface area contributed by atoms with Crippen molar-refractivity contribution in [3.05, 3.63) is 47.1 Å². The molecule has 2 aromatic rings. The number of rotatable bonds is 6. The first-order valence-corrected chi connectivity index (χ1v) is 7.63. The molecule has 0 unspecified atom stereocenters. The van der Waals surface area contributed by atoms with Crippen LogP contribution in [0.5, 0.6) is 0 Å². The number of aromatic carboxylic acids is 1. The van der Waals surface area contributed by atoms with E-state index in [4.69, 9.17) is 5.11 Å². The number of carboxylic acid groups (broad SMARTS) is 1. The second-order valence-electron chi connectivity index (χ2n) is 3.85. The zero-order valence-electron chi connectivity index (χ0n) is 10.4. The summed E-state index contributed by atoms with van der Waals surface area (Å²) in [6.07, 6.45) is 1.45. The number of amides is 1. The Hall–Kier alpha value is -1.86. The number of hydrogen-bond acceptors (Lipinski definition) is 5. The number of thiophene rings is 1. The van der Waals surface area contributed by atoms with Crippen LogP contribution >= 0.6 is 23.1 Å². The van der Waals surface area contributed by atoms with Gasteiger partial charge in [-0.05, 0) is 23.1 Å². The Labute approximate surface area is 124 Å². The molecule has 2 N–H and O–H groups in total. The lowest BCUT2D eigenvalue weighted by Gasteiger charge is -2.04. The predicted octanol–water partition coefficient (Wildman–Crippen LogP) is 2.25. The summed E-state index contributed by atoms with van der Waals surface area (Å²) in [6.45, 7) is 0.344. The molecule has 2 aromatic heterocycles. The Morgan fingerprint density at radius 3 is 2.80 bits per heavy atom. The van der Waals surface area contributed by atoms with Gasteiger partial charge in [0.1, 0.15) is 5.69 Å². The summed E-state index contributed by atoms with van der Waals surface area (Å²) in [6, 6.07) is 6.98. The lowest BCUT2D eigenvalue weighted by molar-refractivity contribution is -0.118. The lowest BCUT2D eigenvalue weighted by Crippen LogP contribution is -2.24. The Kier molecular flexibility index (Phi) is 5.14. The number of hydrogen-bond donors (Lipinski definition) is 2. The number of carboxylic acids is 1. The van der Waals surface area contributed by atoms with Crippen molar-refractivity contribution in [2.45, 2.75) is 10.8 Å². The van der Waals surface area contributed by atoms with Crippen molar-refractivity contribution in [3.63, 3.8) is 0 Å². The number of thioether (sulfide) groups is 1. The van der Waals surface area contributed by atoms with E-state index < -0.39 is 5.97 Å². The second-order valence-corrected chi connectivity index (χ2v) is 6.08. The number of nitrogens with one attached hydrogen (secondary N) is 1. The molecule has 0 aliphatic heterocycles. The molecule has 1 amide bonds. The number of carbonyl (C=O) groups is 2. The summed E-state index contributed by atoms with van der Waals surface area (Å²) in [5.41, 5.74) is 0.762. The Bertz CT molecular complexity index is 582. The first kappa shape index (κ1) is 14.5. The van der Waals surface area contributed by atoms with Crippen LogP contribution in [0.2, 0.25) is 0 Å². The average molecular weight is 308 g/mol. The molecule has 2 heterocycles. The highest BCUT2D eigenvalue weighted by Crippen LogP contribution is 2.22. The zero-order chi connectivity index (χ0) is 14.4. The number of carbonyl (C=O) groups excluding carboxylic acids is 1. The molecule has 0 aromatic carbocycles. The molecule has 20 heavy (non-hydrogen) atoms. The van der Waals surface area contributed by atoms with Crippen LogP contribution in [-0.4, -0.2) is 27.7 Å². The number of aromatic nitrogens is 1. The first-order valence-electron chi connectivity index (χ1n) is 5.76. The summed E-state index contributed by atoms with van der Waals surface area (Å²) in [7, 11) is 0. The van der Waals surface area contributed by atoms with Gasteiger partial charge in [-0.2, -0.15) is 0 Å². The summed E-state index contributed by atoms with van der Waals surface area (Å²) in [5, 5.41) is 13.5. The van der Waals surface area contributed by atoms with Crippen molar-refractivity contribution in [2.75, 3.05) is 5.75 Å². The molecule has 0 aliphatic carbocycles. The predicted molar refractivity (Wildman–Crippen MR) is 78.1 cm³/mol. The van der Waals surface area contributed by atoms with Gasteiger partial charge in [-0.15, -0.1) is 23.1 Å². The fourth-order valence-electron chi connectivity index (χ4n) is 1.39. The van der Waals surface area contributed by atoms with E-state index in [2.05, 4.69) is 10.3 Å². The van der Waals surface area contributed by atoms with E-state index in [9.17, 15) is 9.59 Å². The van der Waals surface area contributed by atoms with Crippen LogP contribution < -0.4 is 5.32 Å². The van der Waals surface area contributed by atoms with Crippen LogP contribution in [0.3, 0.4) is 0 Å². The minimum absolute atomic E-state index is 0.00618. The van der Waals surface area contributed by atoms with Gasteiger partial charge < -0.3 is 10.4 Å². The van der Waals surface area contributed by atoms with E-state index in [0.29, 0.717) is 12.3 Å². The maximum Gasteiger partial charge on any atom is 0.354 e. The highest BCUT2D eigenvalue weighted by molar-refractivity contribution is 8.01. The molecule has 0 saturated carbocycles. The van der Waals surface area contributed by atoms with Gasteiger partial charge in [0, 0.05) is 12.7 Å². The van der Waals surface area contributed by atoms with E-state index in [1.54, 1.807) is 17.4 Å². The maximum atomic E-state index is 11.6. The van der Waals surface area contributed by atoms with Crippen molar-refractivity contribution in [2.24, 2.45) is 0 Å². The smallest absolute Gasteiger partial charge is 0.354 e. The normalized spacial score (nSPS) is 10.2. The summed E-state index contributed by atoms with van der Waals surface area (Å²) in [4.78, 5) is 26.1. The van der Waals surface area contributed by atoms with Gasteiger partial charge in [-0.3, -0.25) is 4.79 Å². The standard InChI is InChI=1S/C13H12N2O3S2/c16-11(8-20-12-2-1-5-19-12)15-7-9-3-4-10(13(17)18)14-6-9/h1-6H,7-8H2,(H,15,16)(H,17,18). The molecule has 0 bridgehead atoms. The van der Waals surface area contributed by atoms with Gasteiger partial charge in [0.25, 0.3) is 0 Å². The van der Waals surface area contributed by atoms with Crippen LogP contribution in [0.1, 0.15) is 16.1 Å². The van der Waals surface area contributed by atoms with Crippen molar-refractivity contribution in [1.29, 1.82) is 0 Å². The number of pyridine rings is 1. The summed E-state index contributed by atoms with van der Waals surface area (Å²) >= 11 is 3.09. The van der Waals surface area contributed by atoms with Crippen molar-refractivity contribution < 1.29 is 14.7 Å². The van der Waals surface area contributed by atoms with Crippen LogP contribution in [0.15, 0.2) is 40.1 Å². The average Bonchev–Trinajstić information content (AvgIpc) is 2.96. The van der Waals surface area contributed by atoms with Crippen molar-refractivity contribution in [1.82, 2.24) is 10.3 Å². The molecule has 7 heteroatoms. The zero-order valence-corrected chi connectivity index (χ0v) is 12.0. The summed E-state index contributed by atoms with van der Waals surface area (Å²) in [5.74, 6) is -0.764. The number of nitrogens with zero attached hydrogens (tertiary/aromatic N) is 1. The highest BCUT2D eigenvalue weighted by atomic mass is 32.2. The van der Waals surface area contributed by atoms with Gasteiger partial charge in [0.05, 0.1) is 9.96 Å². The van der Waals surface area contributed by atoms with Crippen molar-refractivity contribution in [3.8, 4) is 0 Å². The van der Waals surface area contributed by atoms with E-state index >= 15 is 0 Å². The van der Waals surface area contributed by atoms with Gasteiger partial charge in [-0.25, -0.2) is 9.78 Å². The first-order chi connectivity index (χ1) is 9.65. The quantitative estimate of drug-likeness (QED) is 0.800. The molecule has 0 spiro atoms. The second kappa shape index (κ2) is 7.06. The monoisotopic (exact) mass is 308 g/mol. The van der Waals surface area contributed by atoms with Gasteiger partial charge >= 0.3 is 5.97 Å². The Balaban J connectivity index is 1.76. The van der Waals surface area contributed by atoms with Crippen LogP contribution in [0.25, 0.3) is 0 Å². The molecule has 0 radical (unpaired) electrons. The topological polar surface area (TPSA) is 79.3 Å². The van der Waals surface area contributed by atoms with Gasteiger partial charge in [-0.1, -0.05) is 12.1 Å². The molecular formula is C13H12N2O3S2. The SMILES string of the molecule is O=C(CSc1cccs1)NCc1ccc(C(=O)O)nc1. The highest BCUT2D eigenvalue weighted by Gasteiger charge is 2.06. The van der Waals surface area contributed by atoms with E-state index in [1.165, 1.54) is 24.0 Å². The lowest BCUT2D eigenvalue weighted by atomic mass is 10.2. The third kappa shape index (κ3) is 4.36.